The maximum Gasteiger partial charge on any atom is 0.282 e. The van der Waals surface area contributed by atoms with Crippen molar-refractivity contribution in [3.05, 3.63) is 48.7 Å². The third-order valence-electron chi connectivity index (χ3n) is 5.21. The topological polar surface area (TPSA) is 148 Å². The van der Waals surface area contributed by atoms with E-state index in [4.69, 9.17) is 0 Å². The first-order valence-electron chi connectivity index (χ1n) is 9.59. The van der Waals surface area contributed by atoms with Crippen LogP contribution in [0.3, 0.4) is 0 Å². The third-order valence-corrected chi connectivity index (χ3v) is 6.43. The molecule has 1 aliphatic rings. The first kappa shape index (κ1) is 19.9. The molecule has 0 bridgehead atoms. The molecule has 0 fully saturated rings. The summed E-state index contributed by atoms with van der Waals surface area (Å²) in [6.07, 6.45) is 5.74. The Labute approximate surface area is 182 Å². The lowest BCUT2D eigenvalue weighted by molar-refractivity contribution is -0.119. The quantitative estimate of drug-likeness (QED) is 0.413. The standard InChI is InChI=1S/C19H19N9O3S/c1-19(2)12-5-4-11(8-13(12)23-17(19)29)22-18-24-16-15(20-6-7-28(16)25-18)26-32(30,31)14-9-27(3)10-21-14/h4-10H,1-3H3,(H,20,26)(H,22,25)(H,23,29). The number of aromatic nitrogens is 6. The molecule has 13 heteroatoms. The monoisotopic (exact) mass is 453 g/mol. The van der Waals surface area contributed by atoms with Gasteiger partial charge in [-0.3, -0.25) is 9.52 Å². The number of amides is 1. The Morgan fingerprint density at radius 2 is 2.00 bits per heavy atom. The van der Waals surface area contributed by atoms with Gasteiger partial charge in [0.1, 0.15) is 0 Å². The molecule has 4 aromatic rings. The maximum absolute atomic E-state index is 12.6. The average molecular weight is 453 g/mol. The van der Waals surface area contributed by atoms with Crippen LogP contribution in [0, 0.1) is 0 Å². The van der Waals surface area contributed by atoms with Crippen LogP contribution in [0.2, 0.25) is 0 Å². The van der Waals surface area contributed by atoms with Gasteiger partial charge in [0, 0.05) is 37.0 Å². The number of nitrogens with one attached hydrogen (secondary N) is 3. The van der Waals surface area contributed by atoms with Crippen LogP contribution in [0.1, 0.15) is 19.4 Å². The first-order chi connectivity index (χ1) is 15.1. The molecule has 1 aliphatic heterocycles. The van der Waals surface area contributed by atoms with Gasteiger partial charge in [0.05, 0.1) is 11.7 Å². The minimum absolute atomic E-state index is 0.0154. The largest absolute Gasteiger partial charge is 0.339 e. The van der Waals surface area contributed by atoms with E-state index in [-0.39, 0.29) is 28.3 Å². The fraction of sp³-hybridized carbons (Fsp3) is 0.211. The van der Waals surface area contributed by atoms with Crippen LogP contribution in [0.15, 0.2) is 48.1 Å². The number of hydrogen-bond donors (Lipinski definition) is 3. The molecule has 0 spiro atoms. The molecule has 0 radical (unpaired) electrons. The normalized spacial score (nSPS) is 14.9. The summed E-state index contributed by atoms with van der Waals surface area (Å²) in [4.78, 5) is 24.5. The number of carbonyl (C=O) groups is 1. The smallest absolute Gasteiger partial charge is 0.282 e. The Morgan fingerprint density at radius 1 is 1.19 bits per heavy atom. The summed E-state index contributed by atoms with van der Waals surface area (Å²) in [5.74, 6) is 0.188. The molecule has 3 N–H and O–H groups in total. The zero-order valence-electron chi connectivity index (χ0n) is 17.4. The highest BCUT2D eigenvalue weighted by molar-refractivity contribution is 7.92. The number of nitrogens with zero attached hydrogens (tertiary/aromatic N) is 6. The first-order valence-corrected chi connectivity index (χ1v) is 11.1. The number of rotatable bonds is 5. The Balaban J connectivity index is 1.44. The highest BCUT2D eigenvalue weighted by Gasteiger charge is 2.38. The Hall–Kier alpha value is -4.00. The summed E-state index contributed by atoms with van der Waals surface area (Å²) in [5, 5.41) is 10.1. The van der Waals surface area contributed by atoms with E-state index in [0.29, 0.717) is 5.69 Å². The van der Waals surface area contributed by atoms with Gasteiger partial charge in [0.2, 0.25) is 17.5 Å². The highest BCUT2D eigenvalue weighted by Crippen LogP contribution is 2.38. The van der Waals surface area contributed by atoms with Gasteiger partial charge in [-0.1, -0.05) is 6.07 Å². The fourth-order valence-corrected chi connectivity index (χ4v) is 4.44. The average Bonchev–Trinajstić information content (AvgIpc) is 3.39. The molecule has 4 heterocycles. The SMILES string of the molecule is Cn1cnc(S(=O)(=O)Nc2nccn3nc(Nc4ccc5c(c4)NC(=O)C5(C)C)nc23)c1. The molecular weight excluding hydrogens is 434 g/mol. The number of sulfonamides is 1. The number of aryl methyl sites for hydroxylation is 1. The Morgan fingerprint density at radius 3 is 2.75 bits per heavy atom. The second-order valence-corrected chi connectivity index (χ2v) is 9.56. The van der Waals surface area contributed by atoms with E-state index in [9.17, 15) is 13.2 Å². The van der Waals surface area contributed by atoms with Gasteiger partial charge in [-0.25, -0.2) is 14.5 Å². The van der Waals surface area contributed by atoms with Gasteiger partial charge in [-0.05, 0) is 31.5 Å². The molecule has 0 saturated carbocycles. The summed E-state index contributed by atoms with van der Waals surface area (Å²) in [7, 11) is -2.27. The number of carbonyl (C=O) groups excluding carboxylic acids is 1. The lowest BCUT2D eigenvalue weighted by Crippen LogP contribution is -2.26. The van der Waals surface area contributed by atoms with E-state index in [1.807, 2.05) is 26.0 Å². The van der Waals surface area contributed by atoms with Gasteiger partial charge in [-0.15, -0.1) is 5.10 Å². The van der Waals surface area contributed by atoms with Crippen LogP contribution in [0.25, 0.3) is 5.65 Å². The summed E-state index contributed by atoms with van der Waals surface area (Å²) in [6, 6.07) is 5.51. The predicted octanol–water partition coefficient (Wildman–Crippen LogP) is 1.63. The van der Waals surface area contributed by atoms with Gasteiger partial charge < -0.3 is 15.2 Å². The van der Waals surface area contributed by atoms with Crippen LogP contribution in [-0.2, 0) is 27.3 Å². The minimum atomic E-state index is -3.94. The molecule has 3 aromatic heterocycles. The second kappa shape index (κ2) is 6.75. The van der Waals surface area contributed by atoms with E-state index >= 15 is 0 Å². The van der Waals surface area contributed by atoms with E-state index in [0.717, 1.165) is 11.3 Å². The minimum Gasteiger partial charge on any atom is -0.339 e. The summed E-state index contributed by atoms with van der Waals surface area (Å²) >= 11 is 0. The number of hydrogen-bond acceptors (Lipinski definition) is 8. The number of imidazole rings is 1. The van der Waals surface area contributed by atoms with Crippen LogP contribution in [0.5, 0.6) is 0 Å². The maximum atomic E-state index is 12.6. The summed E-state index contributed by atoms with van der Waals surface area (Å²) in [5.41, 5.74) is 1.91. The summed E-state index contributed by atoms with van der Waals surface area (Å²) in [6.45, 7) is 3.73. The van der Waals surface area contributed by atoms with Crippen molar-refractivity contribution in [1.29, 1.82) is 0 Å². The summed E-state index contributed by atoms with van der Waals surface area (Å²) < 4.78 is 30.6. The van der Waals surface area contributed by atoms with Crippen molar-refractivity contribution in [1.82, 2.24) is 29.1 Å². The van der Waals surface area contributed by atoms with Crippen molar-refractivity contribution in [2.75, 3.05) is 15.4 Å². The molecule has 0 saturated heterocycles. The third kappa shape index (κ3) is 3.22. The van der Waals surface area contributed by atoms with Crippen LogP contribution in [0.4, 0.5) is 23.1 Å². The Kier molecular flexibility index (Phi) is 4.20. The second-order valence-electron chi connectivity index (χ2n) is 7.93. The number of benzene rings is 1. The van der Waals surface area contributed by atoms with Gasteiger partial charge in [0.25, 0.3) is 10.0 Å². The van der Waals surface area contributed by atoms with Crippen molar-refractivity contribution in [2.45, 2.75) is 24.3 Å². The van der Waals surface area contributed by atoms with Crippen LogP contribution in [-0.4, -0.2) is 43.5 Å². The zero-order chi connectivity index (χ0) is 22.7. The van der Waals surface area contributed by atoms with E-state index in [2.05, 4.69) is 35.4 Å². The van der Waals surface area contributed by atoms with Gasteiger partial charge >= 0.3 is 0 Å². The fourth-order valence-electron chi connectivity index (χ4n) is 3.45. The molecule has 0 atom stereocenters. The molecule has 164 valence electrons. The molecule has 0 aliphatic carbocycles. The van der Waals surface area contributed by atoms with Crippen molar-refractivity contribution in [3.63, 3.8) is 0 Å². The van der Waals surface area contributed by atoms with Crippen LogP contribution < -0.4 is 15.4 Å². The molecule has 5 rings (SSSR count). The molecule has 0 unspecified atom stereocenters. The molecular formula is C19H19N9O3S. The van der Waals surface area contributed by atoms with Gasteiger partial charge in [-0.2, -0.15) is 13.4 Å². The lowest BCUT2D eigenvalue weighted by atomic mass is 9.86. The van der Waals surface area contributed by atoms with E-state index in [1.54, 1.807) is 19.3 Å². The number of anilines is 4. The number of fused-ring (bicyclic) bond motifs is 2. The van der Waals surface area contributed by atoms with Gasteiger partial charge in [0.15, 0.2) is 10.8 Å². The van der Waals surface area contributed by atoms with Crippen LogP contribution >= 0.6 is 0 Å². The lowest BCUT2D eigenvalue weighted by Gasteiger charge is -2.14. The predicted molar refractivity (Wildman–Crippen MR) is 116 cm³/mol. The van der Waals surface area contributed by atoms with E-state index in [1.165, 1.54) is 27.8 Å². The molecule has 1 amide bonds. The van der Waals surface area contributed by atoms with E-state index < -0.39 is 15.4 Å². The van der Waals surface area contributed by atoms with Crippen molar-refractivity contribution in [3.8, 4) is 0 Å². The van der Waals surface area contributed by atoms with Crippen molar-refractivity contribution < 1.29 is 13.2 Å². The molecule has 12 nitrogen and oxygen atoms in total. The Bertz CT molecular complexity index is 1490. The zero-order valence-corrected chi connectivity index (χ0v) is 18.2. The molecule has 1 aromatic carbocycles. The van der Waals surface area contributed by atoms with Crippen molar-refractivity contribution >= 4 is 44.7 Å². The molecule has 32 heavy (non-hydrogen) atoms. The van der Waals surface area contributed by atoms with Crippen molar-refractivity contribution in [2.24, 2.45) is 7.05 Å². The highest BCUT2D eigenvalue weighted by atomic mass is 32.2.